The predicted octanol–water partition coefficient (Wildman–Crippen LogP) is 4.94. The van der Waals surface area contributed by atoms with Crippen LogP contribution < -0.4 is 0 Å². The summed E-state index contributed by atoms with van der Waals surface area (Å²) in [6, 6.07) is 21.9. The SMILES string of the molecule is [CH]1CC(c2ccccc2)CC(c2ccccc2)C1. The normalized spacial score (nSPS) is 23.8. The maximum atomic E-state index is 2.47. The quantitative estimate of drug-likeness (QED) is 0.691. The Hall–Kier alpha value is -1.56. The van der Waals surface area contributed by atoms with Gasteiger partial charge in [0.25, 0.3) is 0 Å². The van der Waals surface area contributed by atoms with Crippen molar-refractivity contribution in [1.29, 1.82) is 0 Å². The van der Waals surface area contributed by atoms with Crippen molar-refractivity contribution in [2.45, 2.75) is 31.1 Å². The summed E-state index contributed by atoms with van der Waals surface area (Å²) in [6.07, 6.45) is 6.21. The van der Waals surface area contributed by atoms with Crippen LogP contribution in [0.2, 0.25) is 0 Å². The molecule has 2 atom stereocenters. The summed E-state index contributed by atoms with van der Waals surface area (Å²) in [5, 5.41) is 0. The summed E-state index contributed by atoms with van der Waals surface area (Å²) >= 11 is 0. The molecule has 0 aromatic heterocycles. The lowest BCUT2D eigenvalue weighted by molar-refractivity contribution is 0.459. The van der Waals surface area contributed by atoms with Gasteiger partial charge in [-0.2, -0.15) is 0 Å². The third-order valence-electron chi connectivity index (χ3n) is 4.01. The summed E-state index contributed by atoms with van der Waals surface area (Å²) in [4.78, 5) is 0. The van der Waals surface area contributed by atoms with Gasteiger partial charge in [0, 0.05) is 0 Å². The number of hydrogen-bond donors (Lipinski definition) is 0. The van der Waals surface area contributed by atoms with Crippen LogP contribution in [0.4, 0.5) is 0 Å². The van der Waals surface area contributed by atoms with Crippen LogP contribution in [0.1, 0.15) is 42.2 Å². The van der Waals surface area contributed by atoms with Crippen molar-refractivity contribution in [3.8, 4) is 0 Å². The van der Waals surface area contributed by atoms with Gasteiger partial charge in [-0.3, -0.25) is 0 Å². The van der Waals surface area contributed by atoms with Crippen molar-refractivity contribution in [3.05, 3.63) is 78.2 Å². The van der Waals surface area contributed by atoms with Crippen molar-refractivity contribution < 1.29 is 0 Å². The summed E-state index contributed by atoms with van der Waals surface area (Å²) < 4.78 is 0. The van der Waals surface area contributed by atoms with E-state index in [1.165, 1.54) is 30.4 Å². The number of benzene rings is 2. The van der Waals surface area contributed by atoms with E-state index in [2.05, 4.69) is 67.1 Å². The molecule has 18 heavy (non-hydrogen) atoms. The van der Waals surface area contributed by atoms with E-state index < -0.39 is 0 Å². The van der Waals surface area contributed by atoms with Gasteiger partial charge >= 0.3 is 0 Å². The van der Waals surface area contributed by atoms with Crippen LogP contribution in [0.15, 0.2) is 60.7 Å². The van der Waals surface area contributed by atoms with Gasteiger partial charge in [0.2, 0.25) is 0 Å². The van der Waals surface area contributed by atoms with Crippen molar-refractivity contribution in [1.82, 2.24) is 0 Å². The first kappa shape index (κ1) is 11.5. The highest BCUT2D eigenvalue weighted by Crippen LogP contribution is 2.40. The zero-order valence-electron chi connectivity index (χ0n) is 10.6. The van der Waals surface area contributed by atoms with E-state index in [-0.39, 0.29) is 0 Å². The molecular formula is C18H19. The van der Waals surface area contributed by atoms with Crippen molar-refractivity contribution in [2.24, 2.45) is 0 Å². The second-order valence-corrected chi connectivity index (χ2v) is 5.21. The van der Waals surface area contributed by atoms with E-state index in [4.69, 9.17) is 0 Å². The lowest BCUT2D eigenvalue weighted by Gasteiger charge is -2.29. The predicted molar refractivity (Wildman–Crippen MR) is 76.5 cm³/mol. The van der Waals surface area contributed by atoms with Crippen LogP contribution in [0.25, 0.3) is 0 Å². The van der Waals surface area contributed by atoms with Crippen LogP contribution in [0, 0.1) is 6.42 Å². The maximum Gasteiger partial charge on any atom is -0.0153 e. The first-order valence-electron chi connectivity index (χ1n) is 6.85. The Balaban J connectivity index is 1.77. The van der Waals surface area contributed by atoms with E-state index in [0.717, 1.165) is 0 Å². The molecule has 2 unspecified atom stereocenters. The minimum atomic E-state index is 0.699. The minimum Gasteiger partial charge on any atom is -0.0622 e. The highest BCUT2D eigenvalue weighted by atomic mass is 14.3. The van der Waals surface area contributed by atoms with Gasteiger partial charge in [0.05, 0.1) is 0 Å². The molecule has 0 N–H and O–H groups in total. The Kier molecular flexibility index (Phi) is 3.45. The van der Waals surface area contributed by atoms with Gasteiger partial charge in [0.1, 0.15) is 0 Å². The average Bonchev–Trinajstić information content (AvgIpc) is 2.49. The van der Waals surface area contributed by atoms with Gasteiger partial charge in [-0.25, -0.2) is 0 Å². The summed E-state index contributed by atoms with van der Waals surface area (Å²) in [5.74, 6) is 1.40. The summed E-state index contributed by atoms with van der Waals surface area (Å²) in [5.41, 5.74) is 2.99. The first-order chi connectivity index (χ1) is 8.93. The molecule has 1 saturated carbocycles. The van der Waals surface area contributed by atoms with Gasteiger partial charge in [-0.05, 0) is 48.6 Å². The molecule has 2 aromatic rings. The molecular weight excluding hydrogens is 216 g/mol. The summed E-state index contributed by atoms with van der Waals surface area (Å²) in [7, 11) is 0. The van der Waals surface area contributed by atoms with Crippen LogP contribution in [-0.4, -0.2) is 0 Å². The smallest absolute Gasteiger partial charge is 0.0153 e. The standard InChI is InChI=1S/C18H19/c1-3-8-15(9-4-1)17-12-7-13-18(14-17)16-10-5-2-6-11-16/h1-11,17-18H,12-14H2. The van der Waals surface area contributed by atoms with Crippen LogP contribution in [0.3, 0.4) is 0 Å². The average molecular weight is 235 g/mol. The topological polar surface area (TPSA) is 0 Å². The highest BCUT2D eigenvalue weighted by Gasteiger charge is 2.24. The fourth-order valence-electron chi connectivity index (χ4n) is 3.03. The molecule has 3 rings (SSSR count). The lowest BCUT2D eigenvalue weighted by Crippen LogP contribution is -2.13. The third-order valence-corrected chi connectivity index (χ3v) is 4.01. The summed E-state index contributed by atoms with van der Waals surface area (Å²) in [6.45, 7) is 0. The Bertz CT molecular complexity index is 426. The Morgan fingerprint density at radius 1 is 0.611 bits per heavy atom. The molecule has 1 fully saturated rings. The van der Waals surface area contributed by atoms with Crippen molar-refractivity contribution >= 4 is 0 Å². The van der Waals surface area contributed by atoms with E-state index in [1.807, 2.05) is 0 Å². The largest absolute Gasteiger partial charge is 0.0622 e. The first-order valence-corrected chi connectivity index (χ1v) is 6.85. The van der Waals surface area contributed by atoms with Gasteiger partial charge in [0.15, 0.2) is 0 Å². The highest BCUT2D eigenvalue weighted by molar-refractivity contribution is 5.26. The fraction of sp³-hybridized carbons (Fsp3) is 0.278. The van der Waals surface area contributed by atoms with E-state index >= 15 is 0 Å². The molecule has 0 amide bonds. The van der Waals surface area contributed by atoms with Gasteiger partial charge < -0.3 is 0 Å². The van der Waals surface area contributed by atoms with Crippen molar-refractivity contribution in [3.63, 3.8) is 0 Å². The molecule has 0 heteroatoms. The second-order valence-electron chi connectivity index (χ2n) is 5.21. The third kappa shape index (κ3) is 2.48. The number of rotatable bonds is 2. The molecule has 2 aromatic carbocycles. The maximum absolute atomic E-state index is 2.47. The zero-order chi connectivity index (χ0) is 12.2. The van der Waals surface area contributed by atoms with E-state index in [9.17, 15) is 0 Å². The Labute approximate surface area is 110 Å². The lowest BCUT2D eigenvalue weighted by atomic mass is 9.75. The fourth-order valence-corrected chi connectivity index (χ4v) is 3.03. The van der Waals surface area contributed by atoms with Crippen molar-refractivity contribution in [2.75, 3.05) is 0 Å². The van der Waals surface area contributed by atoms with Crippen LogP contribution in [-0.2, 0) is 0 Å². The molecule has 0 saturated heterocycles. The molecule has 0 bridgehead atoms. The molecule has 0 spiro atoms. The van der Waals surface area contributed by atoms with Gasteiger partial charge in [-0.15, -0.1) is 0 Å². The van der Waals surface area contributed by atoms with E-state index in [1.54, 1.807) is 0 Å². The molecule has 91 valence electrons. The Morgan fingerprint density at radius 2 is 1.06 bits per heavy atom. The van der Waals surface area contributed by atoms with Gasteiger partial charge in [-0.1, -0.05) is 60.7 Å². The molecule has 1 aliphatic rings. The molecule has 0 aliphatic heterocycles. The van der Waals surface area contributed by atoms with Crippen LogP contribution >= 0.6 is 0 Å². The molecule has 0 nitrogen and oxygen atoms in total. The second kappa shape index (κ2) is 5.39. The molecule has 0 heterocycles. The minimum absolute atomic E-state index is 0.699. The number of hydrogen-bond acceptors (Lipinski definition) is 0. The van der Waals surface area contributed by atoms with E-state index in [0.29, 0.717) is 11.8 Å². The molecule has 1 radical (unpaired) electrons. The van der Waals surface area contributed by atoms with Crippen LogP contribution in [0.5, 0.6) is 0 Å². The zero-order valence-corrected chi connectivity index (χ0v) is 10.6. The molecule has 1 aliphatic carbocycles. The monoisotopic (exact) mass is 235 g/mol. The Morgan fingerprint density at radius 3 is 1.50 bits per heavy atom.